The molecule has 2 aromatic carbocycles. The fourth-order valence-corrected chi connectivity index (χ4v) is 2.75. The number of fused-ring (bicyclic) bond motifs is 1. The molecule has 0 atom stereocenters. The molecule has 128 valence electrons. The number of carbonyl (C=O) groups excluding carboxylic acids is 1. The molecule has 1 heterocycles. The summed E-state index contributed by atoms with van der Waals surface area (Å²) in [6.07, 6.45) is 0. The van der Waals surface area contributed by atoms with Gasteiger partial charge in [0.05, 0.1) is 23.7 Å². The van der Waals surface area contributed by atoms with Crippen LogP contribution in [-0.2, 0) is 6.54 Å². The summed E-state index contributed by atoms with van der Waals surface area (Å²) < 4.78 is 6.81. The number of halogens is 1. The Morgan fingerprint density at radius 2 is 2.04 bits per heavy atom. The van der Waals surface area contributed by atoms with E-state index in [9.17, 15) is 9.59 Å². The molecule has 1 aromatic heterocycles. The van der Waals surface area contributed by atoms with Crippen LogP contribution in [0.4, 0.5) is 5.69 Å². The van der Waals surface area contributed by atoms with Gasteiger partial charge < -0.3 is 10.1 Å². The summed E-state index contributed by atoms with van der Waals surface area (Å²) in [5.41, 5.74) is 0.438. The molecule has 0 aliphatic rings. The topological polar surface area (TPSA) is 73.2 Å². The zero-order valence-corrected chi connectivity index (χ0v) is 14.5. The summed E-state index contributed by atoms with van der Waals surface area (Å²) in [4.78, 5) is 25.3. The van der Waals surface area contributed by atoms with Gasteiger partial charge in [-0.1, -0.05) is 23.7 Å². The monoisotopic (exact) mass is 357 g/mol. The highest BCUT2D eigenvalue weighted by atomic mass is 35.5. The van der Waals surface area contributed by atoms with Crippen LogP contribution >= 0.6 is 11.6 Å². The third kappa shape index (κ3) is 3.21. The molecule has 6 nitrogen and oxygen atoms in total. The van der Waals surface area contributed by atoms with Gasteiger partial charge in [0.1, 0.15) is 5.75 Å². The Kier molecular flexibility index (Phi) is 4.72. The highest BCUT2D eigenvalue weighted by molar-refractivity contribution is 6.31. The molecule has 25 heavy (non-hydrogen) atoms. The van der Waals surface area contributed by atoms with Crippen molar-refractivity contribution >= 4 is 34.1 Å². The number of nitrogens with one attached hydrogen (secondary N) is 1. The van der Waals surface area contributed by atoms with Crippen LogP contribution in [0.3, 0.4) is 0 Å². The van der Waals surface area contributed by atoms with Crippen molar-refractivity contribution in [2.45, 2.75) is 13.5 Å². The van der Waals surface area contributed by atoms with Gasteiger partial charge in [0, 0.05) is 11.6 Å². The van der Waals surface area contributed by atoms with E-state index in [1.54, 1.807) is 47.1 Å². The minimum absolute atomic E-state index is 0.192. The number of hydrogen-bond acceptors (Lipinski definition) is 4. The predicted octanol–water partition coefficient (Wildman–Crippen LogP) is 3.33. The maximum absolute atomic E-state index is 12.7. The first-order valence-electron chi connectivity index (χ1n) is 7.70. The van der Waals surface area contributed by atoms with Gasteiger partial charge >= 0.3 is 0 Å². The number of aryl methyl sites for hydroxylation is 1. The summed E-state index contributed by atoms with van der Waals surface area (Å²) in [5.74, 6) is -0.103. The summed E-state index contributed by atoms with van der Waals surface area (Å²) in [7, 11) is 1.51. The van der Waals surface area contributed by atoms with Crippen molar-refractivity contribution in [1.82, 2.24) is 9.78 Å². The lowest BCUT2D eigenvalue weighted by Crippen LogP contribution is -2.27. The molecule has 0 bridgehead atoms. The molecule has 0 fully saturated rings. The van der Waals surface area contributed by atoms with Crippen LogP contribution in [0.5, 0.6) is 5.75 Å². The van der Waals surface area contributed by atoms with Crippen molar-refractivity contribution in [3.63, 3.8) is 0 Å². The highest BCUT2D eigenvalue weighted by Crippen LogP contribution is 2.23. The molecule has 3 aromatic rings. The van der Waals surface area contributed by atoms with E-state index in [2.05, 4.69) is 10.4 Å². The van der Waals surface area contributed by atoms with Gasteiger partial charge in [-0.05, 0) is 37.3 Å². The first kappa shape index (κ1) is 17.0. The number of methoxy groups -OCH3 is 1. The number of anilines is 1. The van der Waals surface area contributed by atoms with E-state index in [1.165, 1.54) is 7.11 Å². The van der Waals surface area contributed by atoms with E-state index in [0.717, 1.165) is 0 Å². The SMILES string of the molecule is CCn1nc(C(=O)Nc2ccccc2OC)c(=O)c2cc(Cl)ccc21. The lowest BCUT2D eigenvalue weighted by molar-refractivity contribution is 0.101. The van der Waals surface area contributed by atoms with Gasteiger partial charge in [-0.3, -0.25) is 14.3 Å². The van der Waals surface area contributed by atoms with Crippen LogP contribution in [0.1, 0.15) is 17.4 Å². The third-order valence-electron chi connectivity index (χ3n) is 3.79. The van der Waals surface area contributed by atoms with E-state index < -0.39 is 11.3 Å². The van der Waals surface area contributed by atoms with E-state index in [4.69, 9.17) is 16.3 Å². The Labute approximate surface area is 149 Å². The summed E-state index contributed by atoms with van der Waals surface area (Å²) in [6.45, 7) is 2.39. The van der Waals surface area contributed by atoms with Gasteiger partial charge in [0.15, 0.2) is 5.69 Å². The van der Waals surface area contributed by atoms with E-state index in [1.807, 2.05) is 6.92 Å². The number of carbonyl (C=O) groups is 1. The number of amides is 1. The van der Waals surface area contributed by atoms with Crippen LogP contribution in [0.2, 0.25) is 5.02 Å². The molecule has 3 rings (SSSR count). The van der Waals surface area contributed by atoms with Crippen LogP contribution < -0.4 is 15.5 Å². The molecule has 0 aliphatic heterocycles. The highest BCUT2D eigenvalue weighted by Gasteiger charge is 2.18. The van der Waals surface area contributed by atoms with Crippen molar-refractivity contribution in [3.05, 3.63) is 63.4 Å². The lowest BCUT2D eigenvalue weighted by Gasteiger charge is -2.12. The first-order valence-corrected chi connectivity index (χ1v) is 8.07. The third-order valence-corrected chi connectivity index (χ3v) is 4.02. The molecule has 0 radical (unpaired) electrons. The summed E-state index contributed by atoms with van der Waals surface area (Å²) >= 11 is 6.00. The number of hydrogen-bond donors (Lipinski definition) is 1. The molecule has 1 amide bonds. The Balaban J connectivity index is 2.10. The van der Waals surface area contributed by atoms with Crippen molar-refractivity contribution in [3.8, 4) is 5.75 Å². The maximum atomic E-state index is 12.7. The molecule has 0 spiro atoms. The molecular weight excluding hydrogens is 342 g/mol. The number of rotatable bonds is 4. The molecule has 0 saturated carbocycles. The predicted molar refractivity (Wildman–Crippen MR) is 97.6 cm³/mol. The van der Waals surface area contributed by atoms with Crippen LogP contribution in [-0.4, -0.2) is 22.8 Å². The second-order valence-electron chi connectivity index (χ2n) is 5.31. The first-order chi connectivity index (χ1) is 12.0. The zero-order valence-electron chi connectivity index (χ0n) is 13.7. The molecule has 0 saturated heterocycles. The Morgan fingerprint density at radius 3 is 2.76 bits per heavy atom. The Morgan fingerprint density at radius 1 is 1.28 bits per heavy atom. The summed E-state index contributed by atoms with van der Waals surface area (Å²) in [5, 5.41) is 7.67. The van der Waals surface area contributed by atoms with Gasteiger partial charge in [-0.2, -0.15) is 5.10 Å². The quantitative estimate of drug-likeness (QED) is 0.777. The van der Waals surface area contributed by atoms with Gasteiger partial charge in [-0.25, -0.2) is 0 Å². The van der Waals surface area contributed by atoms with Crippen LogP contribution in [0, 0.1) is 0 Å². The minimum atomic E-state index is -0.599. The average Bonchev–Trinajstić information content (AvgIpc) is 2.62. The van der Waals surface area contributed by atoms with Crippen molar-refractivity contribution in [1.29, 1.82) is 0 Å². The summed E-state index contributed by atoms with van der Waals surface area (Å²) in [6, 6.07) is 11.9. The Hall–Kier alpha value is -2.86. The van der Waals surface area contributed by atoms with Gasteiger partial charge in [0.25, 0.3) is 5.91 Å². The number of benzene rings is 2. The van der Waals surface area contributed by atoms with Gasteiger partial charge in [-0.15, -0.1) is 0 Å². The lowest BCUT2D eigenvalue weighted by atomic mass is 10.2. The second-order valence-corrected chi connectivity index (χ2v) is 5.75. The van der Waals surface area contributed by atoms with Crippen molar-refractivity contribution in [2.75, 3.05) is 12.4 Å². The molecule has 1 N–H and O–H groups in total. The van der Waals surface area contributed by atoms with Crippen molar-refractivity contribution in [2.24, 2.45) is 0 Å². The average molecular weight is 358 g/mol. The van der Waals surface area contributed by atoms with Crippen LogP contribution in [0.25, 0.3) is 10.9 Å². The standard InChI is InChI=1S/C18H16ClN3O3/c1-3-22-14-9-8-11(19)10-12(14)17(23)16(21-22)18(24)20-13-6-4-5-7-15(13)25-2/h4-10H,3H2,1-2H3,(H,20,24). The van der Waals surface area contributed by atoms with E-state index >= 15 is 0 Å². The van der Waals surface area contributed by atoms with Gasteiger partial charge in [0.2, 0.25) is 5.43 Å². The van der Waals surface area contributed by atoms with E-state index in [-0.39, 0.29) is 5.69 Å². The van der Waals surface area contributed by atoms with Crippen molar-refractivity contribution < 1.29 is 9.53 Å². The smallest absolute Gasteiger partial charge is 0.280 e. The fourth-order valence-electron chi connectivity index (χ4n) is 2.58. The number of nitrogens with zero attached hydrogens (tertiary/aromatic N) is 2. The molecule has 0 unspecified atom stereocenters. The van der Waals surface area contributed by atoms with Crippen LogP contribution in [0.15, 0.2) is 47.3 Å². The number of para-hydroxylation sites is 2. The molecular formula is C18H16ClN3O3. The Bertz CT molecular complexity index is 1010. The number of ether oxygens (including phenoxy) is 1. The normalized spacial score (nSPS) is 10.7. The van der Waals surface area contributed by atoms with E-state index in [0.29, 0.717) is 33.9 Å². The minimum Gasteiger partial charge on any atom is -0.495 e. The molecule has 7 heteroatoms. The largest absolute Gasteiger partial charge is 0.495 e. The fraction of sp³-hybridized carbons (Fsp3) is 0.167. The second kappa shape index (κ2) is 6.94. The zero-order chi connectivity index (χ0) is 18.0. The number of aromatic nitrogens is 2. The molecule has 0 aliphatic carbocycles. The maximum Gasteiger partial charge on any atom is 0.280 e.